The highest BCUT2D eigenvalue weighted by atomic mass is 32.2. The molecule has 2 heterocycles. The second-order valence-electron chi connectivity index (χ2n) is 6.91. The molecule has 2 fully saturated rings. The summed E-state index contributed by atoms with van der Waals surface area (Å²) >= 11 is 0. The SMILES string of the molecule is CCOC(=O)C1CCN(S(=O)(=O)c2ccc(OC)c(N3CCCC3=O)c2)CC1. The van der Waals surface area contributed by atoms with E-state index in [0.29, 0.717) is 43.9 Å². The Hall–Kier alpha value is -2.13. The third kappa shape index (κ3) is 4.00. The molecule has 2 aliphatic heterocycles. The number of rotatable bonds is 6. The highest BCUT2D eigenvalue weighted by Crippen LogP contribution is 2.35. The van der Waals surface area contributed by atoms with Crippen LogP contribution >= 0.6 is 0 Å². The summed E-state index contributed by atoms with van der Waals surface area (Å²) < 4.78 is 38.0. The van der Waals surface area contributed by atoms with Crippen molar-refractivity contribution in [2.45, 2.75) is 37.5 Å². The lowest BCUT2D eigenvalue weighted by Gasteiger charge is -2.30. The first-order chi connectivity index (χ1) is 13.4. The number of sulfonamides is 1. The van der Waals surface area contributed by atoms with Crippen LogP contribution < -0.4 is 9.64 Å². The highest BCUT2D eigenvalue weighted by Gasteiger charge is 2.34. The van der Waals surface area contributed by atoms with Crippen LogP contribution in [-0.4, -0.2) is 58.0 Å². The van der Waals surface area contributed by atoms with E-state index in [0.717, 1.165) is 6.42 Å². The van der Waals surface area contributed by atoms with Crippen LogP contribution in [0.15, 0.2) is 23.1 Å². The Kier molecular flexibility index (Phi) is 6.24. The van der Waals surface area contributed by atoms with E-state index in [1.807, 2.05) is 0 Å². The van der Waals surface area contributed by atoms with Gasteiger partial charge in [0, 0.05) is 26.1 Å². The van der Waals surface area contributed by atoms with Crippen LogP contribution in [0.5, 0.6) is 5.75 Å². The van der Waals surface area contributed by atoms with Crippen LogP contribution in [-0.2, 0) is 24.3 Å². The maximum atomic E-state index is 13.1. The first-order valence-corrected chi connectivity index (χ1v) is 11.0. The first-order valence-electron chi connectivity index (χ1n) is 9.53. The van der Waals surface area contributed by atoms with Crippen molar-refractivity contribution in [2.75, 3.05) is 38.3 Å². The maximum Gasteiger partial charge on any atom is 0.309 e. The standard InChI is InChI=1S/C19H26N2O6S/c1-3-27-19(23)14-8-11-20(12-9-14)28(24,25)15-6-7-17(26-2)16(13-15)21-10-4-5-18(21)22/h6-7,13-14H,3-5,8-12H2,1-2H3. The van der Waals surface area contributed by atoms with Gasteiger partial charge in [-0.3, -0.25) is 9.59 Å². The quantitative estimate of drug-likeness (QED) is 0.664. The fourth-order valence-corrected chi connectivity index (χ4v) is 5.18. The van der Waals surface area contributed by atoms with Gasteiger partial charge in [0.1, 0.15) is 5.75 Å². The molecule has 0 spiro atoms. The van der Waals surface area contributed by atoms with E-state index in [-0.39, 0.29) is 35.8 Å². The summed E-state index contributed by atoms with van der Waals surface area (Å²) in [5, 5.41) is 0. The van der Waals surface area contributed by atoms with Gasteiger partial charge in [0.25, 0.3) is 0 Å². The average molecular weight is 410 g/mol. The summed E-state index contributed by atoms with van der Waals surface area (Å²) in [6.07, 6.45) is 2.05. The summed E-state index contributed by atoms with van der Waals surface area (Å²) in [5.41, 5.74) is 0.479. The number of piperidine rings is 1. The van der Waals surface area contributed by atoms with Gasteiger partial charge in [-0.15, -0.1) is 0 Å². The lowest BCUT2D eigenvalue weighted by Crippen LogP contribution is -2.40. The van der Waals surface area contributed by atoms with E-state index in [9.17, 15) is 18.0 Å². The number of ether oxygens (including phenoxy) is 2. The predicted octanol–water partition coefficient (Wildman–Crippen LogP) is 1.79. The number of carbonyl (C=O) groups is 2. The molecule has 9 heteroatoms. The molecule has 28 heavy (non-hydrogen) atoms. The van der Waals surface area contributed by atoms with Gasteiger partial charge in [0.15, 0.2) is 0 Å². The number of esters is 1. The topological polar surface area (TPSA) is 93.2 Å². The molecule has 0 saturated carbocycles. The molecule has 1 aromatic carbocycles. The zero-order chi connectivity index (χ0) is 20.3. The van der Waals surface area contributed by atoms with Crippen molar-refractivity contribution in [2.24, 2.45) is 5.92 Å². The Balaban J connectivity index is 1.81. The molecule has 0 aromatic heterocycles. The van der Waals surface area contributed by atoms with Crippen LogP contribution in [0.25, 0.3) is 0 Å². The molecular weight excluding hydrogens is 384 g/mol. The maximum absolute atomic E-state index is 13.1. The second kappa shape index (κ2) is 8.48. The smallest absolute Gasteiger partial charge is 0.309 e. The van der Waals surface area contributed by atoms with E-state index < -0.39 is 10.0 Å². The van der Waals surface area contributed by atoms with E-state index >= 15 is 0 Å². The van der Waals surface area contributed by atoms with E-state index in [1.165, 1.54) is 23.5 Å². The molecule has 0 N–H and O–H groups in total. The van der Waals surface area contributed by atoms with Crippen molar-refractivity contribution >= 4 is 27.6 Å². The van der Waals surface area contributed by atoms with Gasteiger partial charge in [-0.2, -0.15) is 4.31 Å². The second-order valence-corrected chi connectivity index (χ2v) is 8.85. The van der Waals surface area contributed by atoms with Crippen molar-refractivity contribution in [1.82, 2.24) is 4.31 Å². The van der Waals surface area contributed by atoms with Crippen molar-refractivity contribution in [3.8, 4) is 5.75 Å². The van der Waals surface area contributed by atoms with Gasteiger partial charge in [-0.25, -0.2) is 8.42 Å². The minimum Gasteiger partial charge on any atom is -0.495 e. The Morgan fingerprint density at radius 1 is 1.21 bits per heavy atom. The zero-order valence-corrected chi connectivity index (χ0v) is 17.0. The van der Waals surface area contributed by atoms with E-state index in [1.54, 1.807) is 17.9 Å². The number of anilines is 1. The molecular formula is C19H26N2O6S. The average Bonchev–Trinajstić information content (AvgIpc) is 3.13. The van der Waals surface area contributed by atoms with Gasteiger partial charge in [0.2, 0.25) is 15.9 Å². The third-order valence-corrected chi connectivity index (χ3v) is 7.12. The van der Waals surface area contributed by atoms with Crippen LogP contribution in [0.2, 0.25) is 0 Å². The van der Waals surface area contributed by atoms with Crippen molar-refractivity contribution in [3.63, 3.8) is 0 Å². The minimum atomic E-state index is -3.73. The summed E-state index contributed by atoms with van der Waals surface area (Å²) in [7, 11) is -2.24. The van der Waals surface area contributed by atoms with Gasteiger partial charge in [-0.05, 0) is 44.4 Å². The number of carbonyl (C=O) groups excluding carboxylic acids is 2. The fraction of sp³-hybridized carbons (Fsp3) is 0.579. The number of methoxy groups -OCH3 is 1. The number of hydrogen-bond acceptors (Lipinski definition) is 6. The number of benzene rings is 1. The monoisotopic (exact) mass is 410 g/mol. The molecule has 2 aliphatic rings. The largest absolute Gasteiger partial charge is 0.495 e. The molecule has 0 radical (unpaired) electrons. The van der Waals surface area contributed by atoms with Crippen LogP contribution in [0, 0.1) is 5.92 Å². The molecule has 8 nitrogen and oxygen atoms in total. The fourth-order valence-electron chi connectivity index (χ4n) is 3.69. The van der Waals surface area contributed by atoms with Gasteiger partial charge in [-0.1, -0.05) is 0 Å². The van der Waals surface area contributed by atoms with Crippen molar-refractivity contribution < 1.29 is 27.5 Å². The lowest BCUT2D eigenvalue weighted by atomic mass is 9.98. The van der Waals surface area contributed by atoms with Crippen LogP contribution in [0.3, 0.4) is 0 Å². The minimum absolute atomic E-state index is 0.0388. The van der Waals surface area contributed by atoms with E-state index in [2.05, 4.69) is 0 Å². The molecule has 154 valence electrons. The molecule has 1 amide bonds. The molecule has 1 aromatic rings. The van der Waals surface area contributed by atoms with Crippen LogP contribution in [0.4, 0.5) is 5.69 Å². The Morgan fingerprint density at radius 2 is 1.93 bits per heavy atom. The van der Waals surface area contributed by atoms with Crippen molar-refractivity contribution in [1.29, 1.82) is 0 Å². The Bertz CT molecular complexity index is 846. The highest BCUT2D eigenvalue weighted by molar-refractivity contribution is 7.89. The summed E-state index contributed by atoms with van der Waals surface area (Å²) in [6, 6.07) is 4.59. The molecule has 2 saturated heterocycles. The first kappa shape index (κ1) is 20.6. The summed E-state index contributed by atoms with van der Waals surface area (Å²) in [5.74, 6) is -0.0998. The number of nitrogens with zero attached hydrogens (tertiary/aromatic N) is 2. The van der Waals surface area contributed by atoms with E-state index in [4.69, 9.17) is 9.47 Å². The number of amides is 1. The zero-order valence-electron chi connectivity index (χ0n) is 16.2. The van der Waals surface area contributed by atoms with Gasteiger partial charge in [0.05, 0.1) is 30.2 Å². The number of hydrogen-bond donors (Lipinski definition) is 0. The lowest BCUT2D eigenvalue weighted by molar-refractivity contribution is -0.149. The molecule has 3 rings (SSSR count). The Morgan fingerprint density at radius 3 is 2.50 bits per heavy atom. The Labute approximate surface area is 165 Å². The predicted molar refractivity (Wildman–Crippen MR) is 103 cm³/mol. The normalized spacial score (nSPS) is 19.1. The van der Waals surface area contributed by atoms with Gasteiger partial charge >= 0.3 is 5.97 Å². The third-order valence-electron chi connectivity index (χ3n) is 5.23. The summed E-state index contributed by atoms with van der Waals surface area (Å²) in [4.78, 5) is 25.7. The van der Waals surface area contributed by atoms with Gasteiger partial charge < -0.3 is 14.4 Å². The molecule has 0 bridgehead atoms. The van der Waals surface area contributed by atoms with Crippen molar-refractivity contribution in [3.05, 3.63) is 18.2 Å². The molecule has 0 aliphatic carbocycles. The molecule has 0 unspecified atom stereocenters. The van der Waals surface area contributed by atoms with Crippen LogP contribution in [0.1, 0.15) is 32.6 Å². The molecule has 0 atom stereocenters. The summed E-state index contributed by atoms with van der Waals surface area (Å²) in [6.45, 7) is 3.14.